The lowest BCUT2D eigenvalue weighted by molar-refractivity contribution is -0.126. The van der Waals surface area contributed by atoms with Gasteiger partial charge in [0, 0.05) is 11.5 Å². The number of carbonyl (C=O) groups excluding carboxylic acids is 1. The van der Waals surface area contributed by atoms with E-state index >= 15 is 0 Å². The Labute approximate surface area is 163 Å². The third kappa shape index (κ3) is 3.04. The van der Waals surface area contributed by atoms with Crippen LogP contribution in [0.25, 0.3) is 0 Å². The van der Waals surface area contributed by atoms with Gasteiger partial charge in [-0.1, -0.05) is 36.0 Å². The Morgan fingerprint density at radius 3 is 2.42 bits per heavy atom. The van der Waals surface area contributed by atoms with Crippen LogP contribution in [0.1, 0.15) is 69.4 Å². The van der Waals surface area contributed by atoms with Crippen molar-refractivity contribution in [1.29, 1.82) is 0 Å². The molecule has 0 saturated heterocycles. The Kier molecular flexibility index (Phi) is 4.73. The van der Waals surface area contributed by atoms with Crippen LogP contribution in [0, 0.1) is 17.2 Å². The summed E-state index contributed by atoms with van der Waals surface area (Å²) in [7, 11) is 0. The van der Waals surface area contributed by atoms with Crippen LogP contribution in [-0.2, 0) is 4.79 Å². The number of hydrogen-bond acceptors (Lipinski definition) is 2. The Hall–Kier alpha value is -0.840. The Morgan fingerprint density at radius 2 is 1.85 bits per heavy atom. The predicted molar refractivity (Wildman–Crippen MR) is 99.7 cm³/mol. The Balaban J connectivity index is 1.73. The molecule has 1 aromatic rings. The number of amides is 1. The molecular weight excluding hydrogens is 376 g/mol. The summed E-state index contributed by atoms with van der Waals surface area (Å²) in [6, 6.07) is 2.19. The highest BCUT2D eigenvalue weighted by molar-refractivity contribution is 6.42. The average Bonchev–Trinajstić information content (AvgIpc) is 3.32. The van der Waals surface area contributed by atoms with E-state index in [1.165, 1.54) is 12.1 Å². The van der Waals surface area contributed by atoms with Gasteiger partial charge in [-0.15, -0.1) is 0 Å². The van der Waals surface area contributed by atoms with E-state index in [9.17, 15) is 14.3 Å². The van der Waals surface area contributed by atoms with E-state index in [4.69, 9.17) is 23.2 Å². The summed E-state index contributed by atoms with van der Waals surface area (Å²) in [4.78, 5) is 12.9. The molecule has 142 valence electrons. The molecule has 3 aliphatic rings. The zero-order chi connectivity index (χ0) is 18.5. The van der Waals surface area contributed by atoms with Gasteiger partial charge in [0.1, 0.15) is 5.82 Å². The first-order valence-corrected chi connectivity index (χ1v) is 10.3. The number of nitrogens with one attached hydrogen (secondary N) is 1. The van der Waals surface area contributed by atoms with Crippen molar-refractivity contribution in [2.24, 2.45) is 11.3 Å². The number of rotatable bonds is 4. The second kappa shape index (κ2) is 6.65. The van der Waals surface area contributed by atoms with Crippen molar-refractivity contribution in [2.75, 3.05) is 0 Å². The normalized spacial score (nSPS) is 32.2. The van der Waals surface area contributed by atoms with Gasteiger partial charge in [0.05, 0.1) is 21.7 Å². The highest BCUT2D eigenvalue weighted by Crippen LogP contribution is 2.62. The molecule has 4 rings (SSSR count). The van der Waals surface area contributed by atoms with E-state index in [-0.39, 0.29) is 32.8 Å². The molecule has 1 atom stereocenters. The fourth-order valence-electron chi connectivity index (χ4n) is 5.40. The summed E-state index contributed by atoms with van der Waals surface area (Å²) in [6.07, 6.45) is 7.30. The molecule has 26 heavy (non-hydrogen) atoms. The van der Waals surface area contributed by atoms with E-state index in [2.05, 4.69) is 5.32 Å². The van der Waals surface area contributed by atoms with Gasteiger partial charge in [-0.2, -0.15) is 0 Å². The maximum Gasteiger partial charge on any atom is 0.223 e. The molecule has 1 unspecified atom stereocenters. The standard InChI is InChI=1S/C20H24Cl2FNO2/c21-13-5-6-14(23)15(16(13)22)17(24-18(25)12-3-1-2-4-12)19-7-9-20(26,11-19)10-8-19/h5-6,12,17,26H,1-4,7-11H2,(H,24,25). The molecule has 0 spiro atoms. The minimum Gasteiger partial charge on any atom is -0.390 e. The van der Waals surface area contributed by atoms with Gasteiger partial charge >= 0.3 is 0 Å². The monoisotopic (exact) mass is 399 g/mol. The van der Waals surface area contributed by atoms with Gasteiger partial charge in [-0.05, 0) is 62.5 Å². The van der Waals surface area contributed by atoms with Crippen molar-refractivity contribution in [3.05, 3.63) is 33.6 Å². The van der Waals surface area contributed by atoms with Crippen molar-refractivity contribution < 1.29 is 14.3 Å². The van der Waals surface area contributed by atoms with Crippen LogP contribution in [0.2, 0.25) is 10.0 Å². The molecule has 2 bridgehead atoms. The third-order valence-electron chi connectivity index (χ3n) is 6.85. The Morgan fingerprint density at radius 1 is 1.19 bits per heavy atom. The maximum atomic E-state index is 14.8. The summed E-state index contributed by atoms with van der Waals surface area (Å²) < 4.78 is 14.8. The molecule has 0 aromatic heterocycles. The summed E-state index contributed by atoms with van der Waals surface area (Å²) in [5, 5.41) is 14.3. The molecule has 1 aromatic carbocycles. The molecule has 3 saturated carbocycles. The van der Waals surface area contributed by atoms with Crippen molar-refractivity contribution >= 4 is 29.1 Å². The minimum absolute atomic E-state index is 0.0170. The summed E-state index contributed by atoms with van der Waals surface area (Å²) in [5.41, 5.74) is -0.785. The average molecular weight is 400 g/mol. The van der Waals surface area contributed by atoms with E-state index in [1.807, 2.05) is 0 Å². The van der Waals surface area contributed by atoms with E-state index in [0.717, 1.165) is 38.5 Å². The first-order chi connectivity index (χ1) is 12.3. The second-order valence-electron chi connectivity index (χ2n) is 8.44. The number of hydrogen-bond donors (Lipinski definition) is 2. The van der Waals surface area contributed by atoms with Gasteiger partial charge in [0.2, 0.25) is 5.91 Å². The zero-order valence-electron chi connectivity index (χ0n) is 14.7. The first kappa shape index (κ1) is 18.5. The Bertz CT molecular complexity index is 725. The number of halogens is 3. The summed E-state index contributed by atoms with van der Waals surface area (Å²) in [5.74, 6) is -0.496. The molecule has 0 radical (unpaired) electrons. The fraction of sp³-hybridized carbons (Fsp3) is 0.650. The van der Waals surface area contributed by atoms with Crippen molar-refractivity contribution in [2.45, 2.75) is 69.4 Å². The first-order valence-electron chi connectivity index (χ1n) is 9.50. The largest absolute Gasteiger partial charge is 0.390 e. The topological polar surface area (TPSA) is 49.3 Å². The third-order valence-corrected chi connectivity index (χ3v) is 7.67. The van der Waals surface area contributed by atoms with Crippen LogP contribution >= 0.6 is 23.2 Å². The van der Waals surface area contributed by atoms with Crippen molar-refractivity contribution in [1.82, 2.24) is 5.32 Å². The van der Waals surface area contributed by atoms with Crippen LogP contribution in [-0.4, -0.2) is 16.6 Å². The molecule has 3 fully saturated rings. The molecule has 0 aliphatic heterocycles. The molecule has 3 nitrogen and oxygen atoms in total. The molecule has 2 N–H and O–H groups in total. The van der Waals surface area contributed by atoms with Gasteiger partial charge in [-0.3, -0.25) is 4.79 Å². The van der Waals surface area contributed by atoms with Gasteiger partial charge in [0.15, 0.2) is 0 Å². The van der Waals surface area contributed by atoms with Gasteiger partial charge in [-0.25, -0.2) is 4.39 Å². The highest BCUT2D eigenvalue weighted by atomic mass is 35.5. The van der Waals surface area contributed by atoms with Crippen LogP contribution in [0.5, 0.6) is 0 Å². The van der Waals surface area contributed by atoms with E-state index in [0.29, 0.717) is 19.3 Å². The minimum atomic E-state index is -0.697. The maximum absolute atomic E-state index is 14.8. The number of carbonyl (C=O) groups is 1. The number of benzene rings is 1. The lowest BCUT2D eigenvalue weighted by atomic mass is 9.74. The lowest BCUT2D eigenvalue weighted by Crippen LogP contribution is -2.42. The highest BCUT2D eigenvalue weighted by Gasteiger charge is 2.58. The SMILES string of the molecule is O=C(NC(c1c(F)ccc(Cl)c1Cl)C12CCC(O)(CC1)C2)C1CCCC1. The molecular formula is C20H24Cl2FNO2. The lowest BCUT2D eigenvalue weighted by Gasteiger charge is -2.38. The molecule has 3 aliphatic carbocycles. The quantitative estimate of drug-likeness (QED) is 0.685. The number of fused-ring (bicyclic) bond motifs is 2. The number of aliphatic hydroxyl groups is 1. The van der Waals surface area contributed by atoms with Crippen molar-refractivity contribution in [3.8, 4) is 0 Å². The van der Waals surface area contributed by atoms with Crippen LogP contribution in [0.4, 0.5) is 4.39 Å². The van der Waals surface area contributed by atoms with Gasteiger partial charge in [0.25, 0.3) is 0 Å². The summed E-state index contributed by atoms with van der Waals surface area (Å²) in [6.45, 7) is 0. The molecule has 1 amide bonds. The molecule has 0 heterocycles. The van der Waals surface area contributed by atoms with Gasteiger partial charge < -0.3 is 10.4 Å². The van der Waals surface area contributed by atoms with Crippen LogP contribution < -0.4 is 5.32 Å². The fourth-order valence-corrected chi connectivity index (χ4v) is 5.83. The second-order valence-corrected chi connectivity index (χ2v) is 9.23. The summed E-state index contributed by atoms with van der Waals surface area (Å²) >= 11 is 12.6. The van der Waals surface area contributed by atoms with E-state index < -0.39 is 17.5 Å². The van der Waals surface area contributed by atoms with Crippen LogP contribution in [0.15, 0.2) is 12.1 Å². The van der Waals surface area contributed by atoms with Crippen molar-refractivity contribution in [3.63, 3.8) is 0 Å². The zero-order valence-corrected chi connectivity index (χ0v) is 16.2. The van der Waals surface area contributed by atoms with Crippen LogP contribution in [0.3, 0.4) is 0 Å². The smallest absolute Gasteiger partial charge is 0.223 e. The molecule has 6 heteroatoms. The predicted octanol–water partition coefficient (Wildman–Crippen LogP) is 5.18. The van der Waals surface area contributed by atoms with E-state index in [1.54, 1.807) is 0 Å².